The Morgan fingerprint density at radius 1 is 1.28 bits per heavy atom. The number of nitro groups is 1. The minimum absolute atomic E-state index is 0.0582. The summed E-state index contributed by atoms with van der Waals surface area (Å²) in [5.41, 5.74) is 2.10. The second kappa shape index (κ2) is 5.78. The van der Waals surface area contributed by atoms with Crippen LogP contribution in [0.2, 0.25) is 0 Å². The third-order valence-electron chi connectivity index (χ3n) is 3.33. The van der Waals surface area contributed by atoms with Gasteiger partial charge in [-0.3, -0.25) is 10.1 Å². The maximum absolute atomic E-state index is 10.5. The highest BCUT2D eigenvalue weighted by Crippen LogP contribution is 2.28. The van der Waals surface area contributed by atoms with Gasteiger partial charge in [0.2, 0.25) is 0 Å². The summed E-state index contributed by atoms with van der Waals surface area (Å²) in [6, 6.07) is 6.14. The minimum atomic E-state index is -0.560. The Morgan fingerprint density at radius 2 is 2.00 bits per heavy atom. The van der Waals surface area contributed by atoms with Crippen LogP contribution in [0.15, 0.2) is 35.9 Å². The Morgan fingerprint density at radius 3 is 2.56 bits per heavy atom. The van der Waals surface area contributed by atoms with Crippen molar-refractivity contribution in [3.63, 3.8) is 0 Å². The third kappa shape index (κ3) is 3.17. The zero-order chi connectivity index (χ0) is 13.0. The average Bonchev–Trinajstić information content (AvgIpc) is 2.40. The lowest BCUT2D eigenvalue weighted by molar-refractivity contribution is -0.384. The fourth-order valence-corrected chi connectivity index (χ4v) is 2.27. The van der Waals surface area contributed by atoms with Crippen LogP contribution in [0, 0.1) is 10.1 Å². The standard InChI is InChI=1S/C14H17NO3/c16-14(10-11-4-2-1-3-5-11)12-6-8-13(9-7-12)15(17)18/h4,6-9,14,16H,1-3,5,10H2. The van der Waals surface area contributed by atoms with Crippen LogP contribution in [0.1, 0.15) is 43.8 Å². The van der Waals surface area contributed by atoms with Gasteiger partial charge in [-0.2, -0.15) is 0 Å². The van der Waals surface area contributed by atoms with Crippen LogP contribution in [0.4, 0.5) is 5.69 Å². The van der Waals surface area contributed by atoms with E-state index in [1.165, 1.54) is 30.5 Å². The number of nitrogens with zero attached hydrogens (tertiary/aromatic N) is 1. The quantitative estimate of drug-likeness (QED) is 0.503. The second-order valence-electron chi connectivity index (χ2n) is 4.68. The predicted octanol–water partition coefficient (Wildman–Crippen LogP) is 3.52. The van der Waals surface area contributed by atoms with Crippen molar-refractivity contribution < 1.29 is 10.0 Å². The van der Waals surface area contributed by atoms with Crippen molar-refractivity contribution in [3.8, 4) is 0 Å². The topological polar surface area (TPSA) is 63.4 Å². The van der Waals surface area contributed by atoms with E-state index in [1.807, 2.05) is 0 Å². The summed E-state index contributed by atoms with van der Waals surface area (Å²) in [4.78, 5) is 10.1. The summed E-state index contributed by atoms with van der Waals surface area (Å²) >= 11 is 0. The van der Waals surface area contributed by atoms with Gasteiger partial charge < -0.3 is 5.11 Å². The van der Waals surface area contributed by atoms with Crippen molar-refractivity contribution in [2.75, 3.05) is 0 Å². The Labute approximate surface area is 106 Å². The van der Waals surface area contributed by atoms with Crippen molar-refractivity contribution in [2.45, 2.75) is 38.2 Å². The van der Waals surface area contributed by atoms with Gasteiger partial charge in [0, 0.05) is 12.1 Å². The summed E-state index contributed by atoms with van der Waals surface area (Å²) in [5.74, 6) is 0. The first-order valence-electron chi connectivity index (χ1n) is 6.27. The van der Waals surface area contributed by atoms with Crippen molar-refractivity contribution >= 4 is 5.69 Å². The maximum atomic E-state index is 10.5. The molecule has 1 aliphatic rings. The molecule has 4 nitrogen and oxygen atoms in total. The number of allylic oxidation sites excluding steroid dienone is 1. The summed E-state index contributed by atoms with van der Waals surface area (Å²) in [5, 5.41) is 20.6. The zero-order valence-corrected chi connectivity index (χ0v) is 10.2. The van der Waals surface area contributed by atoms with E-state index < -0.39 is 11.0 Å². The molecule has 0 aromatic heterocycles. The average molecular weight is 247 g/mol. The number of hydrogen-bond donors (Lipinski definition) is 1. The molecule has 0 spiro atoms. The first-order chi connectivity index (χ1) is 8.66. The van der Waals surface area contributed by atoms with E-state index in [1.54, 1.807) is 12.1 Å². The molecule has 0 aliphatic heterocycles. The van der Waals surface area contributed by atoms with Gasteiger partial charge in [0.1, 0.15) is 0 Å². The molecule has 0 bridgehead atoms. The van der Waals surface area contributed by atoms with Crippen LogP contribution in [-0.4, -0.2) is 10.0 Å². The molecular formula is C14H17NO3. The van der Waals surface area contributed by atoms with Crippen molar-refractivity contribution in [3.05, 3.63) is 51.6 Å². The third-order valence-corrected chi connectivity index (χ3v) is 3.33. The monoisotopic (exact) mass is 247 g/mol. The Balaban J connectivity index is 2.02. The van der Waals surface area contributed by atoms with Crippen LogP contribution < -0.4 is 0 Å². The molecule has 4 heteroatoms. The number of rotatable bonds is 4. The lowest BCUT2D eigenvalue weighted by Crippen LogP contribution is -2.02. The molecule has 0 heterocycles. The summed E-state index contributed by atoms with van der Waals surface area (Å²) in [7, 11) is 0. The molecule has 1 aromatic carbocycles. The smallest absolute Gasteiger partial charge is 0.269 e. The van der Waals surface area contributed by atoms with Crippen LogP contribution in [0.25, 0.3) is 0 Å². The molecule has 1 unspecified atom stereocenters. The molecule has 1 atom stereocenters. The largest absolute Gasteiger partial charge is 0.388 e. The van der Waals surface area contributed by atoms with Gasteiger partial charge >= 0.3 is 0 Å². The second-order valence-corrected chi connectivity index (χ2v) is 4.68. The molecule has 1 aliphatic carbocycles. The summed E-state index contributed by atoms with van der Waals surface area (Å²) < 4.78 is 0. The molecule has 0 saturated heterocycles. The van der Waals surface area contributed by atoms with Crippen LogP contribution in [0.3, 0.4) is 0 Å². The highest BCUT2D eigenvalue weighted by Gasteiger charge is 2.13. The minimum Gasteiger partial charge on any atom is -0.388 e. The molecule has 18 heavy (non-hydrogen) atoms. The molecule has 2 rings (SSSR count). The molecule has 1 aromatic rings. The number of non-ortho nitro benzene ring substituents is 1. The van der Waals surface area contributed by atoms with Crippen LogP contribution in [-0.2, 0) is 0 Å². The molecule has 0 fully saturated rings. The van der Waals surface area contributed by atoms with Gasteiger partial charge in [0.15, 0.2) is 0 Å². The number of aliphatic hydroxyl groups excluding tert-OH is 1. The molecule has 0 saturated carbocycles. The zero-order valence-electron chi connectivity index (χ0n) is 10.2. The molecule has 0 radical (unpaired) electrons. The molecule has 1 N–H and O–H groups in total. The van der Waals surface area contributed by atoms with Crippen molar-refractivity contribution in [2.24, 2.45) is 0 Å². The van der Waals surface area contributed by atoms with Crippen molar-refractivity contribution in [1.29, 1.82) is 0 Å². The van der Waals surface area contributed by atoms with Gasteiger partial charge in [-0.25, -0.2) is 0 Å². The molecule has 0 amide bonds. The summed E-state index contributed by atoms with van der Waals surface area (Å²) in [6.45, 7) is 0. The Hall–Kier alpha value is -1.68. The van der Waals surface area contributed by atoms with Crippen LogP contribution in [0.5, 0.6) is 0 Å². The fourth-order valence-electron chi connectivity index (χ4n) is 2.27. The van der Waals surface area contributed by atoms with Gasteiger partial charge in [-0.1, -0.05) is 11.6 Å². The number of aliphatic hydroxyl groups is 1. The Kier molecular flexibility index (Phi) is 4.10. The van der Waals surface area contributed by atoms with Gasteiger partial charge in [0.25, 0.3) is 5.69 Å². The lowest BCUT2D eigenvalue weighted by atomic mass is 9.93. The van der Waals surface area contributed by atoms with E-state index >= 15 is 0 Å². The fraction of sp³-hybridized carbons (Fsp3) is 0.429. The first kappa shape index (κ1) is 12.8. The van der Waals surface area contributed by atoms with E-state index in [4.69, 9.17) is 0 Å². The normalized spacial score (nSPS) is 17.1. The van der Waals surface area contributed by atoms with Gasteiger partial charge in [-0.05, 0) is 49.8 Å². The number of benzene rings is 1. The maximum Gasteiger partial charge on any atom is 0.269 e. The van der Waals surface area contributed by atoms with E-state index in [2.05, 4.69) is 6.08 Å². The van der Waals surface area contributed by atoms with Gasteiger partial charge in [0.05, 0.1) is 11.0 Å². The molecular weight excluding hydrogens is 230 g/mol. The van der Waals surface area contributed by atoms with E-state index in [0.717, 1.165) is 18.4 Å². The van der Waals surface area contributed by atoms with Gasteiger partial charge in [-0.15, -0.1) is 0 Å². The van der Waals surface area contributed by atoms with E-state index in [-0.39, 0.29) is 5.69 Å². The number of hydrogen-bond acceptors (Lipinski definition) is 3. The Bertz CT molecular complexity index is 451. The predicted molar refractivity (Wildman–Crippen MR) is 69.2 cm³/mol. The lowest BCUT2D eigenvalue weighted by Gasteiger charge is -2.16. The van der Waals surface area contributed by atoms with E-state index in [0.29, 0.717) is 6.42 Å². The van der Waals surface area contributed by atoms with Crippen LogP contribution >= 0.6 is 0 Å². The SMILES string of the molecule is O=[N+]([O-])c1ccc(C(O)CC2=CCCCC2)cc1. The molecule has 96 valence electrons. The highest BCUT2D eigenvalue weighted by molar-refractivity contribution is 5.34. The van der Waals surface area contributed by atoms with Crippen molar-refractivity contribution in [1.82, 2.24) is 0 Å². The summed E-state index contributed by atoms with van der Waals surface area (Å²) in [6.07, 6.45) is 6.87. The first-order valence-corrected chi connectivity index (χ1v) is 6.27. The number of nitro benzene ring substituents is 1. The highest BCUT2D eigenvalue weighted by atomic mass is 16.6. The van der Waals surface area contributed by atoms with E-state index in [9.17, 15) is 15.2 Å².